The zero-order valence-electron chi connectivity index (χ0n) is 16.6. The average Bonchev–Trinajstić information content (AvgIpc) is 3.19. The van der Waals surface area contributed by atoms with Crippen LogP contribution in [0.15, 0.2) is 54.7 Å². The van der Waals surface area contributed by atoms with E-state index in [0.717, 1.165) is 10.8 Å². The first-order chi connectivity index (χ1) is 14.6. The molecular weight excluding hydrogens is 385 g/mol. The molecule has 152 valence electrons. The normalized spacial score (nSPS) is 11.4. The van der Waals surface area contributed by atoms with Crippen molar-refractivity contribution in [3.63, 3.8) is 0 Å². The summed E-state index contributed by atoms with van der Waals surface area (Å²) in [5.41, 5.74) is 1.30. The van der Waals surface area contributed by atoms with Crippen molar-refractivity contribution in [2.75, 3.05) is 13.7 Å². The Labute approximate surface area is 172 Å². The molecule has 4 aromatic rings. The third kappa shape index (κ3) is 3.71. The second-order valence-corrected chi connectivity index (χ2v) is 6.68. The van der Waals surface area contributed by atoms with Crippen molar-refractivity contribution >= 4 is 28.4 Å². The monoisotopic (exact) mass is 405 g/mol. The number of halogens is 1. The molecule has 0 unspecified atom stereocenters. The van der Waals surface area contributed by atoms with Crippen LogP contribution in [0.2, 0.25) is 0 Å². The van der Waals surface area contributed by atoms with Gasteiger partial charge in [-0.15, -0.1) is 10.2 Å². The van der Waals surface area contributed by atoms with Gasteiger partial charge in [0, 0.05) is 29.9 Å². The van der Waals surface area contributed by atoms with Crippen LogP contribution in [0.5, 0.6) is 5.75 Å². The fourth-order valence-corrected chi connectivity index (χ4v) is 3.24. The van der Waals surface area contributed by atoms with Crippen molar-refractivity contribution in [2.45, 2.75) is 13.5 Å². The number of carbonyl (C=O) groups is 1. The molecule has 0 aliphatic heterocycles. The number of carbonyl (C=O) groups excluding carboxylic acids is 1. The summed E-state index contributed by atoms with van der Waals surface area (Å²) in [7, 11) is 1.41. The van der Waals surface area contributed by atoms with Gasteiger partial charge in [0.25, 0.3) is 0 Å². The molecule has 4 rings (SSSR count). The maximum absolute atomic E-state index is 13.9. The number of methoxy groups -OCH3 is 1. The van der Waals surface area contributed by atoms with Crippen molar-refractivity contribution in [3.8, 4) is 5.75 Å². The lowest BCUT2D eigenvalue weighted by molar-refractivity contribution is -0.126. The Balaban J connectivity index is 1.54. The fourth-order valence-electron chi connectivity index (χ4n) is 3.24. The predicted octanol–water partition coefficient (Wildman–Crippen LogP) is 3.49. The third-order valence-electron chi connectivity index (χ3n) is 4.84. The first-order valence-electron chi connectivity index (χ1n) is 9.49. The summed E-state index contributed by atoms with van der Waals surface area (Å²) >= 11 is 0. The highest BCUT2D eigenvalue weighted by Crippen LogP contribution is 2.19. The van der Waals surface area contributed by atoms with E-state index in [1.165, 1.54) is 19.3 Å². The largest absolute Gasteiger partial charge is 0.494 e. The number of nitrogens with zero attached hydrogens (tertiary/aromatic N) is 5. The maximum atomic E-state index is 13.9. The van der Waals surface area contributed by atoms with E-state index in [4.69, 9.17) is 4.74 Å². The van der Waals surface area contributed by atoms with Crippen molar-refractivity contribution in [2.24, 2.45) is 0 Å². The Morgan fingerprint density at radius 2 is 2.07 bits per heavy atom. The van der Waals surface area contributed by atoms with E-state index in [2.05, 4.69) is 15.3 Å². The molecule has 2 heterocycles. The lowest BCUT2D eigenvalue weighted by Crippen LogP contribution is -2.28. The van der Waals surface area contributed by atoms with E-state index < -0.39 is 5.82 Å². The van der Waals surface area contributed by atoms with Crippen LogP contribution < -0.4 is 4.74 Å². The molecule has 0 N–H and O–H groups in total. The molecule has 7 nitrogen and oxygen atoms in total. The van der Waals surface area contributed by atoms with Gasteiger partial charge in [-0.3, -0.25) is 4.79 Å². The SMILES string of the molecule is CCN(Cc1ccc(OC)c(F)c1)C(=O)/C=C/c1nnc2c3ccccc3cnn12. The number of benzene rings is 2. The van der Waals surface area contributed by atoms with Gasteiger partial charge in [-0.25, -0.2) is 4.39 Å². The van der Waals surface area contributed by atoms with E-state index in [0.29, 0.717) is 23.6 Å². The first-order valence-corrected chi connectivity index (χ1v) is 9.49. The lowest BCUT2D eigenvalue weighted by Gasteiger charge is -2.19. The smallest absolute Gasteiger partial charge is 0.246 e. The Hall–Kier alpha value is -3.81. The van der Waals surface area contributed by atoms with Crippen LogP contribution in [-0.2, 0) is 11.3 Å². The maximum Gasteiger partial charge on any atom is 0.246 e. The number of hydrogen-bond donors (Lipinski definition) is 0. The van der Waals surface area contributed by atoms with Gasteiger partial charge in [-0.2, -0.15) is 9.61 Å². The summed E-state index contributed by atoms with van der Waals surface area (Å²) < 4.78 is 20.5. The van der Waals surface area contributed by atoms with Gasteiger partial charge < -0.3 is 9.64 Å². The first kappa shape index (κ1) is 19.5. The van der Waals surface area contributed by atoms with E-state index in [9.17, 15) is 9.18 Å². The summed E-state index contributed by atoms with van der Waals surface area (Å²) in [5.74, 6) is -0.0454. The summed E-state index contributed by atoms with van der Waals surface area (Å²) in [6.45, 7) is 2.62. The summed E-state index contributed by atoms with van der Waals surface area (Å²) in [6.07, 6.45) is 4.75. The molecule has 0 saturated heterocycles. The minimum absolute atomic E-state index is 0.173. The number of ether oxygens (including phenoxy) is 1. The van der Waals surface area contributed by atoms with Gasteiger partial charge in [0.05, 0.1) is 13.3 Å². The average molecular weight is 405 g/mol. The van der Waals surface area contributed by atoms with Gasteiger partial charge in [0.2, 0.25) is 5.91 Å². The van der Waals surface area contributed by atoms with Gasteiger partial charge >= 0.3 is 0 Å². The van der Waals surface area contributed by atoms with Gasteiger partial charge in [0.15, 0.2) is 23.0 Å². The molecule has 0 saturated carbocycles. The Kier molecular flexibility index (Phi) is 5.38. The second-order valence-electron chi connectivity index (χ2n) is 6.68. The van der Waals surface area contributed by atoms with E-state index in [-0.39, 0.29) is 18.2 Å². The molecule has 2 aromatic heterocycles. The van der Waals surface area contributed by atoms with E-state index >= 15 is 0 Å². The van der Waals surface area contributed by atoms with Crippen molar-refractivity contribution in [1.29, 1.82) is 0 Å². The second kappa shape index (κ2) is 8.28. The Morgan fingerprint density at radius 1 is 1.23 bits per heavy atom. The topological polar surface area (TPSA) is 72.6 Å². The van der Waals surface area contributed by atoms with Crippen LogP contribution >= 0.6 is 0 Å². The summed E-state index contributed by atoms with van der Waals surface area (Å²) in [4.78, 5) is 14.3. The highest BCUT2D eigenvalue weighted by Gasteiger charge is 2.13. The molecule has 0 aliphatic carbocycles. The Morgan fingerprint density at radius 3 is 2.83 bits per heavy atom. The summed E-state index contributed by atoms with van der Waals surface area (Å²) in [5, 5.41) is 14.6. The standard InChI is InChI=1S/C22H20FN5O2/c1-3-27(14-15-8-9-19(30-2)18(23)12-15)21(29)11-10-20-25-26-22-17-7-5-4-6-16(17)13-24-28(20)22/h4-13H,3,14H2,1-2H3/b11-10+. The zero-order valence-corrected chi connectivity index (χ0v) is 16.6. The molecular formula is C22H20FN5O2. The van der Waals surface area contributed by atoms with Crippen LogP contribution in [0.25, 0.3) is 22.5 Å². The molecule has 2 aromatic carbocycles. The zero-order chi connectivity index (χ0) is 21.1. The van der Waals surface area contributed by atoms with Gasteiger partial charge in [-0.05, 0) is 30.7 Å². The van der Waals surface area contributed by atoms with E-state index in [1.807, 2.05) is 31.2 Å². The minimum Gasteiger partial charge on any atom is -0.494 e. The van der Waals surface area contributed by atoms with Crippen LogP contribution in [0, 0.1) is 5.82 Å². The molecule has 0 bridgehead atoms. The quantitative estimate of drug-likeness (QED) is 0.459. The van der Waals surface area contributed by atoms with Crippen LogP contribution in [0.4, 0.5) is 4.39 Å². The van der Waals surface area contributed by atoms with Crippen molar-refractivity contribution < 1.29 is 13.9 Å². The fraction of sp³-hybridized carbons (Fsp3) is 0.182. The summed E-state index contributed by atoms with van der Waals surface area (Å²) in [6, 6.07) is 12.4. The van der Waals surface area contributed by atoms with Gasteiger partial charge in [0.1, 0.15) is 0 Å². The molecule has 0 fully saturated rings. The molecule has 0 radical (unpaired) electrons. The third-order valence-corrected chi connectivity index (χ3v) is 4.84. The highest BCUT2D eigenvalue weighted by atomic mass is 19.1. The number of aromatic nitrogens is 4. The number of likely N-dealkylation sites (N-methyl/N-ethyl adjacent to an activating group) is 1. The van der Waals surface area contributed by atoms with Gasteiger partial charge in [-0.1, -0.05) is 30.3 Å². The van der Waals surface area contributed by atoms with Crippen LogP contribution in [-0.4, -0.2) is 44.3 Å². The van der Waals surface area contributed by atoms with Crippen LogP contribution in [0.1, 0.15) is 18.3 Å². The molecule has 1 amide bonds. The van der Waals surface area contributed by atoms with Crippen LogP contribution in [0.3, 0.4) is 0 Å². The van der Waals surface area contributed by atoms with E-state index in [1.54, 1.807) is 33.8 Å². The number of amides is 1. The molecule has 30 heavy (non-hydrogen) atoms. The Bertz CT molecular complexity index is 1250. The minimum atomic E-state index is -0.456. The molecule has 0 atom stereocenters. The molecule has 0 spiro atoms. The predicted molar refractivity (Wildman–Crippen MR) is 111 cm³/mol. The van der Waals surface area contributed by atoms with Crippen molar-refractivity contribution in [1.82, 2.24) is 24.7 Å². The molecule has 8 heteroatoms. The highest BCUT2D eigenvalue weighted by molar-refractivity contribution is 5.94. The van der Waals surface area contributed by atoms with Crippen molar-refractivity contribution in [3.05, 3.63) is 71.9 Å². The number of hydrogen-bond acceptors (Lipinski definition) is 5. The number of fused-ring (bicyclic) bond motifs is 3. The lowest BCUT2D eigenvalue weighted by atomic mass is 10.2. The molecule has 0 aliphatic rings. The number of rotatable bonds is 6.